The fraction of sp³-hybridized carbons (Fsp3) is 0.600. The molecule has 4 nitrogen and oxygen atoms in total. The molecule has 2 heterocycles. The fourth-order valence-electron chi connectivity index (χ4n) is 2.78. The van der Waals surface area contributed by atoms with Crippen LogP contribution < -0.4 is 10.2 Å². The van der Waals surface area contributed by atoms with E-state index in [9.17, 15) is 0 Å². The van der Waals surface area contributed by atoms with Crippen molar-refractivity contribution in [2.45, 2.75) is 44.2 Å². The van der Waals surface area contributed by atoms with E-state index in [4.69, 9.17) is 5.26 Å². The molecule has 19 heavy (non-hydrogen) atoms. The predicted octanol–water partition coefficient (Wildman–Crippen LogP) is 2.06. The maximum absolute atomic E-state index is 9.01. The van der Waals surface area contributed by atoms with Gasteiger partial charge in [0.2, 0.25) is 0 Å². The lowest BCUT2D eigenvalue weighted by Crippen LogP contribution is -2.44. The molecule has 3 rings (SSSR count). The van der Waals surface area contributed by atoms with Gasteiger partial charge in [0.15, 0.2) is 0 Å². The molecule has 2 aliphatic rings. The summed E-state index contributed by atoms with van der Waals surface area (Å²) in [6.07, 6.45) is 8.12. The number of piperidine rings is 1. The molecule has 1 aliphatic carbocycles. The van der Waals surface area contributed by atoms with Crippen LogP contribution >= 0.6 is 0 Å². The third-order valence-electron chi connectivity index (χ3n) is 3.99. The zero-order chi connectivity index (χ0) is 13.1. The molecule has 100 valence electrons. The lowest BCUT2D eigenvalue weighted by Gasteiger charge is -2.31. The van der Waals surface area contributed by atoms with E-state index in [0.29, 0.717) is 17.6 Å². The van der Waals surface area contributed by atoms with Gasteiger partial charge in [-0.3, -0.25) is 0 Å². The van der Waals surface area contributed by atoms with Crippen LogP contribution in [-0.4, -0.2) is 30.2 Å². The van der Waals surface area contributed by atoms with Crippen LogP contribution in [0.3, 0.4) is 0 Å². The van der Waals surface area contributed by atoms with Crippen molar-refractivity contribution in [3.63, 3.8) is 0 Å². The van der Waals surface area contributed by atoms with Crippen molar-refractivity contribution < 1.29 is 0 Å². The van der Waals surface area contributed by atoms with E-state index >= 15 is 0 Å². The van der Waals surface area contributed by atoms with E-state index in [2.05, 4.69) is 21.3 Å². The Morgan fingerprint density at radius 1 is 1.37 bits per heavy atom. The summed E-state index contributed by atoms with van der Waals surface area (Å²) in [5, 5.41) is 12.6. The SMILES string of the molecule is N#Cc1ccnc(N(CC2CCCCN2)C2CC2)c1. The van der Waals surface area contributed by atoms with Crippen molar-refractivity contribution >= 4 is 5.82 Å². The van der Waals surface area contributed by atoms with E-state index in [1.807, 2.05) is 6.07 Å². The number of aromatic nitrogens is 1. The van der Waals surface area contributed by atoms with Gasteiger partial charge in [0.05, 0.1) is 11.6 Å². The highest BCUT2D eigenvalue weighted by Crippen LogP contribution is 2.31. The van der Waals surface area contributed by atoms with Gasteiger partial charge >= 0.3 is 0 Å². The molecule has 1 aromatic rings. The van der Waals surface area contributed by atoms with E-state index in [1.165, 1.54) is 32.1 Å². The molecule has 1 atom stereocenters. The average molecular weight is 256 g/mol. The van der Waals surface area contributed by atoms with Crippen LogP contribution in [0.15, 0.2) is 18.3 Å². The zero-order valence-corrected chi connectivity index (χ0v) is 11.2. The van der Waals surface area contributed by atoms with Crippen molar-refractivity contribution in [2.75, 3.05) is 18.0 Å². The number of nitrogens with zero attached hydrogens (tertiary/aromatic N) is 3. The van der Waals surface area contributed by atoms with Crippen molar-refractivity contribution in [1.29, 1.82) is 5.26 Å². The van der Waals surface area contributed by atoms with Crippen LogP contribution in [0.4, 0.5) is 5.82 Å². The summed E-state index contributed by atoms with van der Waals surface area (Å²) in [7, 11) is 0. The summed E-state index contributed by atoms with van der Waals surface area (Å²) in [5.41, 5.74) is 0.701. The zero-order valence-electron chi connectivity index (χ0n) is 11.2. The molecule has 0 amide bonds. The van der Waals surface area contributed by atoms with E-state index in [1.54, 1.807) is 12.3 Å². The second-order valence-electron chi connectivity index (χ2n) is 5.54. The van der Waals surface area contributed by atoms with Crippen LogP contribution in [-0.2, 0) is 0 Å². The van der Waals surface area contributed by atoms with Crippen molar-refractivity contribution in [3.8, 4) is 6.07 Å². The number of anilines is 1. The summed E-state index contributed by atoms with van der Waals surface area (Å²) in [6.45, 7) is 2.15. The van der Waals surface area contributed by atoms with Crippen molar-refractivity contribution in [2.24, 2.45) is 0 Å². The molecule has 1 aromatic heterocycles. The fourth-order valence-corrected chi connectivity index (χ4v) is 2.78. The smallest absolute Gasteiger partial charge is 0.130 e. The Morgan fingerprint density at radius 2 is 2.26 bits per heavy atom. The van der Waals surface area contributed by atoms with E-state index < -0.39 is 0 Å². The van der Waals surface area contributed by atoms with Gasteiger partial charge in [0, 0.05) is 24.8 Å². The summed E-state index contributed by atoms with van der Waals surface area (Å²) in [6, 6.07) is 7.09. The molecule has 1 saturated heterocycles. The van der Waals surface area contributed by atoms with Gasteiger partial charge in [-0.05, 0) is 44.4 Å². The first kappa shape index (κ1) is 12.4. The van der Waals surface area contributed by atoms with E-state index in [-0.39, 0.29) is 0 Å². The standard InChI is InChI=1S/C15H20N4/c16-10-12-6-8-18-15(9-12)19(14-4-5-14)11-13-3-1-2-7-17-13/h6,8-9,13-14,17H,1-5,7,11H2. The summed E-state index contributed by atoms with van der Waals surface area (Å²) >= 11 is 0. The van der Waals surface area contributed by atoms with E-state index in [0.717, 1.165) is 18.9 Å². The lowest BCUT2D eigenvalue weighted by atomic mass is 10.0. The van der Waals surface area contributed by atoms with Crippen LogP contribution in [0.25, 0.3) is 0 Å². The third kappa shape index (κ3) is 3.05. The monoisotopic (exact) mass is 256 g/mol. The number of rotatable bonds is 4. The second-order valence-corrected chi connectivity index (χ2v) is 5.54. The molecule has 1 saturated carbocycles. The molecule has 1 N–H and O–H groups in total. The Balaban J connectivity index is 1.74. The minimum absolute atomic E-state index is 0.571. The molecule has 4 heteroatoms. The van der Waals surface area contributed by atoms with Crippen LogP contribution in [0.5, 0.6) is 0 Å². The highest BCUT2D eigenvalue weighted by Gasteiger charge is 2.31. The minimum Gasteiger partial charge on any atom is -0.352 e. The summed E-state index contributed by atoms with van der Waals surface area (Å²) in [4.78, 5) is 6.85. The Labute approximate surface area is 114 Å². The molecule has 0 aromatic carbocycles. The largest absolute Gasteiger partial charge is 0.352 e. The van der Waals surface area contributed by atoms with Gasteiger partial charge in [-0.2, -0.15) is 5.26 Å². The first-order valence-corrected chi connectivity index (χ1v) is 7.23. The first-order chi connectivity index (χ1) is 9.36. The van der Waals surface area contributed by atoms with Gasteiger partial charge in [-0.25, -0.2) is 4.98 Å². The third-order valence-corrected chi connectivity index (χ3v) is 3.99. The second kappa shape index (κ2) is 5.58. The molecule has 1 unspecified atom stereocenters. The molecule has 0 bridgehead atoms. The summed E-state index contributed by atoms with van der Waals surface area (Å²) < 4.78 is 0. The first-order valence-electron chi connectivity index (χ1n) is 7.23. The van der Waals surface area contributed by atoms with Crippen molar-refractivity contribution in [3.05, 3.63) is 23.9 Å². The Morgan fingerprint density at radius 3 is 2.95 bits per heavy atom. The minimum atomic E-state index is 0.571. The topological polar surface area (TPSA) is 52.0 Å². The molecule has 1 aliphatic heterocycles. The van der Waals surface area contributed by atoms with Crippen LogP contribution in [0.1, 0.15) is 37.7 Å². The number of hydrogen-bond acceptors (Lipinski definition) is 4. The number of pyridine rings is 1. The molecule has 2 fully saturated rings. The Hall–Kier alpha value is -1.60. The van der Waals surface area contributed by atoms with Crippen LogP contribution in [0.2, 0.25) is 0 Å². The molecule has 0 radical (unpaired) electrons. The number of nitriles is 1. The van der Waals surface area contributed by atoms with Gasteiger partial charge < -0.3 is 10.2 Å². The highest BCUT2D eigenvalue weighted by molar-refractivity contribution is 5.47. The van der Waals surface area contributed by atoms with Crippen LogP contribution in [0, 0.1) is 11.3 Å². The lowest BCUT2D eigenvalue weighted by molar-refractivity contribution is 0.397. The number of hydrogen-bond donors (Lipinski definition) is 1. The van der Waals surface area contributed by atoms with Crippen molar-refractivity contribution in [1.82, 2.24) is 10.3 Å². The van der Waals surface area contributed by atoms with Gasteiger partial charge in [-0.15, -0.1) is 0 Å². The number of nitrogens with one attached hydrogen (secondary N) is 1. The average Bonchev–Trinajstić information content (AvgIpc) is 3.30. The summed E-state index contributed by atoms with van der Waals surface area (Å²) in [5.74, 6) is 0.967. The molecular weight excluding hydrogens is 236 g/mol. The molecular formula is C15H20N4. The quantitative estimate of drug-likeness (QED) is 0.896. The predicted molar refractivity (Wildman–Crippen MR) is 75.0 cm³/mol. The van der Waals surface area contributed by atoms with Gasteiger partial charge in [0.1, 0.15) is 5.82 Å². The maximum atomic E-state index is 9.01. The van der Waals surface area contributed by atoms with Gasteiger partial charge in [0.25, 0.3) is 0 Å². The Bertz CT molecular complexity index is 469. The molecule has 0 spiro atoms. The van der Waals surface area contributed by atoms with Gasteiger partial charge in [-0.1, -0.05) is 6.42 Å². The Kier molecular flexibility index (Phi) is 3.65. The highest BCUT2D eigenvalue weighted by atomic mass is 15.2. The maximum Gasteiger partial charge on any atom is 0.130 e. The normalized spacial score (nSPS) is 22.8.